The zero-order chi connectivity index (χ0) is 23.2. The Morgan fingerprint density at radius 2 is 1.58 bits per heavy atom. The highest BCUT2D eigenvalue weighted by Gasteiger charge is 2.20. The normalized spacial score (nSPS) is 13.5. The Balaban J connectivity index is 1.57. The molecule has 3 aromatic carbocycles. The number of piperidine rings is 1. The second kappa shape index (κ2) is 10.7. The van der Waals surface area contributed by atoms with Crippen molar-refractivity contribution in [3.05, 3.63) is 93.5 Å². The summed E-state index contributed by atoms with van der Waals surface area (Å²) in [5, 5.41) is 6.57. The Bertz CT molecular complexity index is 1150. The van der Waals surface area contributed by atoms with Crippen molar-refractivity contribution in [1.29, 1.82) is 0 Å². The Kier molecular flexibility index (Phi) is 7.53. The first kappa shape index (κ1) is 23.1. The van der Waals surface area contributed by atoms with Crippen LogP contribution >= 0.6 is 23.2 Å². The van der Waals surface area contributed by atoms with Crippen molar-refractivity contribution in [2.45, 2.75) is 25.8 Å². The average molecular weight is 482 g/mol. The van der Waals surface area contributed by atoms with Crippen molar-refractivity contribution in [1.82, 2.24) is 5.32 Å². The third-order valence-electron chi connectivity index (χ3n) is 5.67. The number of rotatable bonds is 6. The van der Waals surface area contributed by atoms with Gasteiger partial charge in [-0.05, 0) is 61.2 Å². The molecule has 1 fully saturated rings. The van der Waals surface area contributed by atoms with Crippen molar-refractivity contribution in [3.63, 3.8) is 0 Å². The minimum Gasteiger partial charge on any atom is -0.371 e. The number of halogens is 2. The summed E-state index contributed by atoms with van der Waals surface area (Å²) in [4.78, 5) is 28.2. The molecule has 0 unspecified atom stereocenters. The summed E-state index contributed by atoms with van der Waals surface area (Å²) in [5.41, 5.74) is 3.37. The topological polar surface area (TPSA) is 61.4 Å². The van der Waals surface area contributed by atoms with E-state index in [2.05, 4.69) is 15.5 Å². The molecule has 33 heavy (non-hydrogen) atoms. The molecule has 0 bridgehead atoms. The van der Waals surface area contributed by atoms with Gasteiger partial charge in [0, 0.05) is 36.6 Å². The molecule has 0 radical (unpaired) electrons. The van der Waals surface area contributed by atoms with Gasteiger partial charge in [-0.1, -0.05) is 53.5 Å². The van der Waals surface area contributed by atoms with Gasteiger partial charge in [0.15, 0.2) is 0 Å². The molecule has 0 atom stereocenters. The van der Waals surface area contributed by atoms with Gasteiger partial charge in [-0.15, -0.1) is 0 Å². The van der Waals surface area contributed by atoms with Crippen LogP contribution in [0.25, 0.3) is 0 Å². The standard InChI is InChI=1S/C26H25Cl2N3O2/c27-22-11-9-19(15-23(22)28)25(32)30-20-10-12-24(31-13-5-2-6-14-31)21(16-20)26(33)29-17-18-7-3-1-4-8-18/h1,3-4,7-12,15-16H,2,5-6,13-14,17H2,(H,29,33)(H,30,32). The highest BCUT2D eigenvalue weighted by atomic mass is 35.5. The zero-order valence-corrected chi connectivity index (χ0v) is 19.6. The number of nitrogens with one attached hydrogen (secondary N) is 2. The molecule has 0 aliphatic carbocycles. The van der Waals surface area contributed by atoms with E-state index in [0.717, 1.165) is 37.2 Å². The maximum atomic E-state index is 13.2. The molecular weight excluding hydrogens is 457 g/mol. The van der Waals surface area contributed by atoms with Crippen molar-refractivity contribution in [2.75, 3.05) is 23.3 Å². The first-order valence-corrected chi connectivity index (χ1v) is 11.7. The fourth-order valence-electron chi connectivity index (χ4n) is 3.92. The Labute approximate surface area is 203 Å². The van der Waals surface area contributed by atoms with Gasteiger partial charge in [-0.3, -0.25) is 9.59 Å². The van der Waals surface area contributed by atoms with Crippen LogP contribution in [0.4, 0.5) is 11.4 Å². The lowest BCUT2D eigenvalue weighted by Gasteiger charge is -2.30. The fraction of sp³-hybridized carbons (Fsp3) is 0.231. The van der Waals surface area contributed by atoms with E-state index in [1.165, 1.54) is 12.5 Å². The van der Waals surface area contributed by atoms with E-state index in [0.29, 0.717) is 33.4 Å². The number of carbonyl (C=O) groups is 2. The van der Waals surface area contributed by atoms with E-state index < -0.39 is 0 Å². The highest BCUT2D eigenvalue weighted by molar-refractivity contribution is 6.42. The second-order valence-electron chi connectivity index (χ2n) is 8.03. The fourth-order valence-corrected chi connectivity index (χ4v) is 4.22. The molecule has 3 aromatic rings. The van der Waals surface area contributed by atoms with Gasteiger partial charge in [0.05, 0.1) is 15.6 Å². The number of benzene rings is 3. The molecule has 170 valence electrons. The van der Waals surface area contributed by atoms with Crippen molar-refractivity contribution in [2.24, 2.45) is 0 Å². The van der Waals surface area contributed by atoms with Crippen molar-refractivity contribution >= 4 is 46.4 Å². The van der Waals surface area contributed by atoms with Gasteiger partial charge in [0.25, 0.3) is 11.8 Å². The lowest BCUT2D eigenvalue weighted by molar-refractivity contribution is 0.0950. The molecule has 2 amide bonds. The van der Waals surface area contributed by atoms with Crippen LogP contribution in [-0.4, -0.2) is 24.9 Å². The van der Waals surface area contributed by atoms with Crippen LogP contribution < -0.4 is 15.5 Å². The average Bonchev–Trinajstić information content (AvgIpc) is 2.85. The van der Waals surface area contributed by atoms with Gasteiger partial charge in [-0.2, -0.15) is 0 Å². The first-order chi connectivity index (χ1) is 16.0. The number of anilines is 2. The highest BCUT2D eigenvalue weighted by Crippen LogP contribution is 2.28. The maximum Gasteiger partial charge on any atom is 0.255 e. The minimum absolute atomic E-state index is 0.176. The Morgan fingerprint density at radius 1 is 0.818 bits per heavy atom. The lowest BCUT2D eigenvalue weighted by atomic mass is 10.1. The number of carbonyl (C=O) groups excluding carboxylic acids is 2. The molecule has 7 heteroatoms. The summed E-state index contributed by atoms with van der Waals surface area (Å²) >= 11 is 12.0. The van der Waals surface area contributed by atoms with Crippen LogP contribution in [0.3, 0.4) is 0 Å². The summed E-state index contributed by atoms with van der Waals surface area (Å²) in [6, 6.07) is 20.0. The minimum atomic E-state index is -0.324. The molecular formula is C26H25Cl2N3O2. The quantitative estimate of drug-likeness (QED) is 0.442. The molecule has 1 aliphatic rings. The molecule has 1 aliphatic heterocycles. The summed E-state index contributed by atoms with van der Waals surface area (Å²) in [7, 11) is 0. The number of hydrogen-bond donors (Lipinski definition) is 2. The van der Waals surface area contributed by atoms with Gasteiger partial charge in [-0.25, -0.2) is 0 Å². The lowest BCUT2D eigenvalue weighted by Crippen LogP contribution is -2.32. The SMILES string of the molecule is O=C(Nc1ccc(N2CCCCC2)c(C(=O)NCc2ccccc2)c1)c1ccc(Cl)c(Cl)c1. The summed E-state index contributed by atoms with van der Waals surface area (Å²) in [6.07, 6.45) is 3.39. The molecule has 5 nitrogen and oxygen atoms in total. The first-order valence-electron chi connectivity index (χ1n) is 11.0. The second-order valence-corrected chi connectivity index (χ2v) is 8.85. The number of nitrogens with zero attached hydrogens (tertiary/aromatic N) is 1. The largest absolute Gasteiger partial charge is 0.371 e. The van der Waals surface area contributed by atoms with E-state index in [1.54, 1.807) is 18.2 Å². The summed E-state index contributed by atoms with van der Waals surface area (Å²) in [5.74, 6) is -0.500. The summed E-state index contributed by atoms with van der Waals surface area (Å²) < 4.78 is 0. The third-order valence-corrected chi connectivity index (χ3v) is 6.41. The van der Waals surface area contributed by atoms with E-state index in [1.807, 2.05) is 42.5 Å². The molecule has 4 rings (SSSR count). The van der Waals surface area contributed by atoms with E-state index >= 15 is 0 Å². The van der Waals surface area contributed by atoms with Crippen molar-refractivity contribution in [3.8, 4) is 0 Å². The third kappa shape index (κ3) is 5.86. The van der Waals surface area contributed by atoms with Crippen LogP contribution in [0, 0.1) is 0 Å². The number of amides is 2. The van der Waals surface area contributed by atoms with E-state index in [4.69, 9.17) is 23.2 Å². The summed E-state index contributed by atoms with van der Waals surface area (Å²) in [6.45, 7) is 2.25. The van der Waals surface area contributed by atoms with Crippen LogP contribution in [0.5, 0.6) is 0 Å². The monoisotopic (exact) mass is 481 g/mol. The molecule has 1 saturated heterocycles. The van der Waals surface area contributed by atoms with Gasteiger partial charge >= 0.3 is 0 Å². The Hall–Kier alpha value is -3.02. The predicted molar refractivity (Wildman–Crippen MR) is 135 cm³/mol. The van der Waals surface area contributed by atoms with Gasteiger partial charge in [0.2, 0.25) is 0 Å². The van der Waals surface area contributed by atoms with Crippen molar-refractivity contribution < 1.29 is 9.59 Å². The van der Waals surface area contributed by atoms with E-state index in [9.17, 15) is 9.59 Å². The van der Waals surface area contributed by atoms with Crippen LogP contribution in [0.15, 0.2) is 66.7 Å². The Morgan fingerprint density at radius 3 is 2.30 bits per heavy atom. The predicted octanol–water partition coefficient (Wildman–Crippen LogP) is 6.17. The van der Waals surface area contributed by atoms with Gasteiger partial charge < -0.3 is 15.5 Å². The number of hydrogen-bond acceptors (Lipinski definition) is 3. The zero-order valence-electron chi connectivity index (χ0n) is 18.1. The molecule has 2 N–H and O–H groups in total. The maximum absolute atomic E-state index is 13.2. The molecule has 0 spiro atoms. The van der Waals surface area contributed by atoms with Gasteiger partial charge in [0.1, 0.15) is 0 Å². The molecule has 1 heterocycles. The van der Waals surface area contributed by atoms with E-state index in [-0.39, 0.29) is 11.8 Å². The smallest absolute Gasteiger partial charge is 0.255 e. The van der Waals surface area contributed by atoms with Crippen LogP contribution in [-0.2, 0) is 6.54 Å². The molecule has 0 saturated carbocycles. The van der Waals surface area contributed by atoms with Crippen LogP contribution in [0.2, 0.25) is 10.0 Å². The molecule has 0 aromatic heterocycles. The van der Waals surface area contributed by atoms with Crippen LogP contribution in [0.1, 0.15) is 45.5 Å².